The minimum Gasteiger partial charge on any atom is -0.392 e. The van der Waals surface area contributed by atoms with Crippen molar-refractivity contribution < 1.29 is 5.11 Å². The van der Waals surface area contributed by atoms with Crippen molar-refractivity contribution in [1.82, 2.24) is 29.2 Å². The summed E-state index contributed by atoms with van der Waals surface area (Å²) in [6.07, 6.45) is 11.2. The number of hydrogen-bond acceptors (Lipinski definition) is 8. The van der Waals surface area contributed by atoms with Gasteiger partial charge >= 0.3 is 0 Å². The maximum atomic E-state index is 9.87. The summed E-state index contributed by atoms with van der Waals surface area (Å²) in [6.45, 7) is 6.17. The number of halogens is 2. The number of aliphatic hydroxyl groups is 1. The van der Waals surface area contributed by atoms with Crippen LogP contribution in [0.3, 0.4) is 0 Å². The van der Waals surface area contributed by atoms with Gasteiger partial charge in [0.05, 0.1) is 39.4 Å². The van der Waals surface area contributed by atoms with Gasteiger partial charge in [0.25, 0.3) is 0 Å². The summed E-state index contributed by atoms with van der Waals surface area (Å²) in [6, 6.07) is 15.5. The van der Waals surface area contributed by atoms with Gasteiger partial charge in [0.15, 0.2) is 17.3 Å². The lowest BCUT2D eigenvalue weighted by Crippen LogP contribution is -2.21. The molecule has 5 heterocycles. The van der Waals surface area contributed by atoms with E-state index in [4.69, 9.17) is 28.2 Å². The van der Waals surface area contributed by atoms with Crippen molar-refractivity contribution in [1.29, 1.82) is 0 Å². The molecule has 11 heteroatoms. The summed E-state index contributed by atoms with van der Waals surface area (Å²) in [5, 5.41) is 18.6. The van der Waals surface area contributed by atoms with Gasteiger partial charge in [-0.3, -0.25) is 14.3 Å². The fourth-order valence-corrected chi connectivity index (χ4v) is 6.15. The molecule has 2 aromatic carbocycles. The molecule has 1 atom stereocenters. The topological polar surface area (TPSA) is 104 Å². The number of benzene rings is 2. The third-order valence-electron chi connectivity index (χ3n) is 7.77. The number of nitrogens with one attached hydrogen (secondary N) is 2. The summed E-state index contributed by atoms with van der Waals surface area (Å²) < 4.78 is 1.90. The average molecular weight is 624 g/mol. The Bertz CT molecular complexity index is 2030. The second kappa shape index (κ2) is 11.9. The van der Waals surface area contributed by atoms with E-state index in [0.717, 1.165) is 52.8 Å². The van der Waals surface area contributed by atoms with Crippen LogP contribution in [0.15, 0.2) is 86.1 Å². The van der Waals surface area contributed by atoms with E-state index in [1.54, 1.807) is 24.7 Å². The number of β-amino-alcohol motifs (C(OH)–C–C–N with tert-alkyl or cyclic N) is 1. The van der Waals surface area contributed by atoms with Crippen molar-refractivity contribution >= 4 is 68.8 Å². The fourth-order valence-electron chi connectivity index (χ4n) is 5.60. The highest BCUT2D eigenvalue weighted by Crippen LogP contribution is 2.41. The van der Waals surface area contributed by atoms with E-state index in [0.29, 0.717) is 45.2 Å². The monoisotopic (exact) mass is 622 g/mol. The number of pyridine rings is 2. The number of aromatic nitrogens is 5. The Kier molecular flexibility index (Phi) is 7.61. The van der Waals surface area contributed by atoms with Crippen LogP contribution in [0.2, 0.25) is 10.0 Å². The molecule has 0 amide bonds. The van der Waals surface area contributed by atoms with E-state index >= 15 is 0 Å². The van der Waals surface area contributed by atoms with Crippen LogP contribution in [0.1, 0.15) is 17.7 Å². The van der Waals surface area contributed by atoms with Crippen LogP contribution < -0.4 is 10.6 Å². The molecular formula is C33H28Cl2N8O. The van der Waals surface area contributed by atoms with Crippen molar-refractivity contribution in [2.24, 2.45) is 0 Å². The summed E-state index contributed by atoms with van der Waals surface area (Å²) in [5.41, 5.74) is 6.21. The van der Waals surface area contributed by atoms with Crippen molar-refractivity contribution in [3.8, 4) is 11.1 Å². The van der Waals surface area contributed by atoms with Crippen molar-refractivity contribution in [3.63, 3.8) is 0 Å². The van der Waals surface area contributed by atoms with Gasteiger partial charge < -0.3 is 15.7 Å². The number of nitrogens with zero attached hydrogens (tertiary/aromatic N) is 6. The number of hydrogen-bond donors (Lipinski definition) is 3. The molecule has 1 unspecified atom stereocenters. The van der Waals surface area contributed by atoms with Crippen LogP contribution in [0.5, 0.6) is 0 Å². The number of likely N-dealkylation sites (tertiary alicyclic amines) is 1. The van der Waals surface area contributed by atoms with E-state index in [9.17, 15) is 5.11 Å². The van der Waals surface area contributed by atoms with Crippen LogP contribution in [-0.4, -0.2) is 53.5 Å². The number of imidazole rings is 1. The molecule has 0 spiro atoms. The first-order chi connectivity index (χ1) is 21.5. The Labute approximate surface area is 263 Å². The Morgan fingerprint density at radius 1 is 0.909 bits per heavy atom. The van der Waals surface area contributed by atoms with Gasteiger partial charge in [-0.2, -0.15) is 0 Å². The molecule has 0 radical (unpaired) electrons. The smallest absolute Gasteiger partial charge is 0.180 e. The van der Waals surface area contributed by atoms with Gasteiger partial charge in [-0.05, 0) is 42.3 Å². The molecule has 1 saturated heterocycles. The predicted octanol–water partition coefficient (Wildman–Crippen LogP) is 7.34. The normalized spacial score (nSPS) is 15.2. The van der Waals surface area contributed by atoms with Crippen molar-refractivity contribution in [2.75, 3.05) is 23.7 Å². The van der Waals surface area contributed by atoms with Crippen LogP contribution in [0.4, 0.5) is 23.0 Å². The SMILES string of the molecule is C=Cc1cnc2c(Nc3cccc(-c4cccc(Nc5nccc6cc(CN7CCC(O)C7)cnc56)c4Cl)c3Cl)nccn12. The van der Waals surface area contributed by atoms with Gasteiger partial charge in [0.2, 0.25) is 0 Å². The molecule has 9 nitrogen and oxygen atoms in total. The molecule has 1 aliphatic heterocycles. The summed E-state index contributed by atoms with van der Waals surface area (Å²) in [7, 11) is 0. The Morgan fingerprint density at radius 3 is 2.34 bits per heavy atom. The molecular weight excluding hydrogens is 595 g/mol. The largest absolute Gasteiger partial charge is 0.392 e. The summed E-state index contributed by atoms with van der Waals surface area (Å²) in [5.74, 6) is 1.17. The molecule has 0 saturated carbocycles. The molecule has 0 bridgehead atoms. The highest BCUT2D eigenvalue weighted by atomic mass is 35.5. The molecule has 1 aliphatic rings. The van der Waals surface area contributed by atoms with E-state index in [2.05, 4.69) is 43.1 Å². The second-order valence-electron chi connectivity index (χ2n) is 10.7. The van der Waals surface area contributed by atoms with Gasteiger partial charge in [0, 0.05) is 60.9 Å². The molecule has 0 aliphatic carbocycles. The zero-order chi connectivity index (χ0) is 30.2. The standard InChI is InChI=1S/C33H28Cl2N8O/c1-2-22-17-39-33-32(37-12-14-43(22)33)41-27-8-4-6-25(29(27)35)24-5-3-7-26(28(24)34)40-31-30-21(9-11-36-31)15-20(16-38-30)18-42-13-10-23(44)19-42/h2-9,11-12,14-17,23,44H,1,10,13,18-19H2,(H,36,40)(H,37,41). The van der Waals surface area contributed by atoms with Crippen LogP contribution in [0, 0.1) is 0 Å². The lowest BCUT2D eigenvalue weighted by Gasteiger charge is -2.16. The quantitative estimate of drug-likeness (QED) is 0.162. The molecule has 220 valence electrons. The number of anilines is 4. The first-order valence-electron chi connectivity index (χ1n) is 14.2. The maximum absolute atomic E-state index is 9.87. The van der Waals surface area contributed by atoms with Crippen LogP contribution in [0.25, 0.3) is 33.8 Å². The van der Waals surface area contributed by atoms with Gasteiger partial charge in [0.1, 0.15) is 5.52 Å². The Hall–Kier alpha value is -4.54. The zero-order valence-corrected chi connectivity index (χ0v) is 25.1. The lowest BCUT2D eigenvalue weighted by atomic mass is 10.0. The fraction of sp³-hybridized carbons (Fsp3) is 0.152. The van der Waals surface area contributed by atoms with Crippen molar-refractivity contribution in [2.45, 2.75) is 19.1 Å². The van der Waals surface area contributed by atoms with E-state index < -0.39 is 0 Å². The Balaban J connectivity index is 1.17. The van der Waals surface area contributed by atoms with Gasteiger partial charge in [-0.25, -0.2) is 15.0 Å². The highest BCUT2D eigenvalue weighted by Gasteiger charge is 2.21. The third kappa shape index (κ3) is 5.35. The van der Waals surface area contributed by atoms with E-state index in [-0.39, 0.29) is 6.10 Å². The molecule has 1 fully saturated rings. The summed E-state index contributed by atoms with van der Waals surface area (Å²) in [4.78, 5) is 20.5. The molecule has 6 aromatic rings. The highest BCUT2D eigenvalue weighted by molar-refractivity contribution is 6.39. The van der Waals surface area contributed by atoms with Crippen LogP contribution in [-0.2, 0) is 6.54 Å². The number of aliphatic hydroxyl groups excluding tert-OH is 1. The second-order valence-corrected chi connectivity index (χ2v) is 11.4. The average Bonchev–Trinajstić information content (AvgIpc) is 3.65. The zero-order valence-electron chi connectivity index (χ0n) is 23.6. The van der Waals surface area contributed by atoms with Crippen LogP contribution >= 0.6 is 23.2 Å². The molecule has 4 aromatic heterocycles. The van der Waals surface area contributed by atoms with E-state index in [1.165, 1.54) is 0 Å². The molecule has 44 heavy (non-hydrogen) atoms. The lowest BCUT2D eigenvalue weighted by molar-refractivity contribution is 0.175. The molecule has 3 N–H and O–H groups in total. The number of rotatable bonds is 8. The number of fused-ring (bicyclic) bond motifs is 2. The Morgan fingerprint density at radius 2 is 1.64 bits per heavy atom. The summed E-state index contributed by atoms with van der Waals surface area (Å²) >= 11 is 14.0. The van der Waals surface area contributed by atoms with Crippen molar-refractivity contribution in [3.05, 3.63) is 107 Å². The first-order valence-corrected chi connectivity index (χ1v) is 14.9. The first kappa shape index (κ1) is 28.2. The molecule has 7 rings (SSSR count). The predicted molar refractivity (Wildman–Crippen MR) is 177 cm³/mol. The third-order valence-corrected chi connectivity index (χ3v) is 8.58. The van der Waals surface area contributed by atoms with Gasteiger partial charge in [-0.1, -0.05) is 54.0 Å². The van der Waals surface area contributed by atoms with Gasteiger partial charge in [-0.15, -0.1) is 0 Å². The minimum atomic E-state index is -0.252. The maximum Gasteiger partial charge on any atom is 0.180 e. The minimum absolute atomic E-state index is 0.252. The van der Waals surface area contributed by atoms with E-state index in [1.807, 2.05) is 59.3 Å².